The first-order valence-electron chi connectivity index (χ1n) is 9.22. The lowest BCUT2D eigenvalue weighted by molar-refractivity contribution is -0.144. The molecule has 0 saturated carbocycles. The van der Waals surface area contributed by atoms with E-state index >= 15 is 0 Å². The minimum absolute atomic E-state index is 0.300. The van der Waals surface area contributed by atoms with Crippen LogP contribution in [0.2, 0.25) is 0 Å². The summed E-state index contributed by atoms with van der Waals surface area (Å²) in [7, 11) is 0. The second kappa shape index (κ2) is 9.82. The molecule has 0 saturated heterocycles. The van der Waals surface area contributed by atoms with Crippen LogP contribution in [0.25, 0.3) is 0 Å². The Balaban J connectivity index is 1.82. The fraction of sp³-hybridized carbons (Fsp3) is 0.273. The van der Waals surface area contributed by atoms with Crippen molar-refractivity contribution in [1.82, 2.24) is 5.48 Å². The molecule has 2 aromatic carbocycles. The minimum Gasteiger partial charge on any atom is -0.489 e. The molecule has 6 nitrogen and oxygen atoms in total. The molecule has 3 rings (SSSR count). The van der Waals surface area contributed by atoms with E-state index in [0.29, 0.717) is 25.6 Å². The van der Waals surface area contributed by atoms with Gasteiger partial charge < -0.3 is 9.47 Å². The molecule has 0 fully saturated rings. The summed E-state index contributed by atoms with van der Waals surface area (Å²) < 4.78 is 11.0. The Labute approximate surface area is 164 Å². The number of hydrogen-bond donors (Lipinski definition) is 1. The van der Waals surface area contributed by atoms with Crippen LogP contribution in [0.5, 0.6) is 5.75 Å². The van der Waals surface area contributed by atoms with Gasteiger partial charge in [-0.1, -0.05) is 55.1 Å². The molecule has 0 amide bonds. The zero-order valence-corrected chi connectivity index (χ0v) is 15.8. The number of hydrogen-bond acceptors (Lipinski definition) is 6. The summed E-state index contributed by atoms with van der Waals surface area (Å²) >= 11 is 0. The second-order valence-corrected chi connectivity index (χ2v) is 6.18. The highest BCUT2D eigenvalue weighted by Crippen LogP contribution is 2.37. The fourth-order valence-corrected chi connectivity index (χ4v) is 3.02. The predicted octanol–water partition coefficient (Wildman–Crippen LogP) is 3.70. The molecule has 28 heavy (non-hydrogen) atoms. The van der Waals surface area contributed by atoms with Gasteiger partial charge in [0.15, 0.2) is 6.04 Å². The van der Waals surface area contributed by atoms with Gasteiger partial charge in [-0.05, 0) is 24.1 Å². The van der Waals surface area contributed by atoms with Gasteiger partial charge in [0, 0.05) is 11.8 Å². The summed E-state index contributed by atoms with van der Waals surface area (Å²) in [4.78, 5) is 22.4. The molecule has 1 aliphatic rings. The van der Waals surface area contributed by atoms with Gasteiger partial charge in [0.05, 0.1) is 19.3 Å². The highest BCUT2D eigenvalue weighted by Gasteiger charge is 2.32. The van der Waals surface area contributed by atoms with Crippen LogP contribution < -0.4 is 10.2 Å². The summed E-state index contributed by atoms with van der Waals surface area (Å²) in [6, 6.07) is 14.3. The first-order valence-corrected chi connectivity index (χ1v) is 9.22. The maximum Gasteiger partial charge on any atom is 0.335 e. The number of nitrogens with one attached hydrogen (secondary N) is 1. The number of hydroxylamine groups is 1. The lowest BCUT2D eigenvalue weighted by Gasteiger charge is -2.27. The van der Waals surface area contributed by atoms with Crippen molar-refractivity contribution in [2.24, 2.45) is 4.99 Å². The van der Waals surface area contributed by atoms with E-state index in [1.54, 1.807) is 19.2 Å². The average molecular weight is 380 g/mol. The lowest BCUT2D eigenvalue weighted by Crippen LogP contribution is -2.30. The molecule has 0 aromatic heterocycles. The van der Waals surface area contributed by atoms with Crippen molar-refractivity contribution in [2.75, 3.05) is 13.2 Å². The SMILES string of the molecule is C=CCOc1cccc2c1C(NOCc1ccccc1)C=NC2C(=O)OCC. The van der Waals surface area contributed by atoms with E-state index in [1.807, 2.05) is 48.5 Å². The Morgan fingerprint density at radius 3 is 2.79 bits per heavy atom. The third-order valence-corrected chi connectivity index (χ3v) is 4.25. The number of ether oxygens (including phenoxy) is 2. The summed E-state index contributed by atoms with van der Waals surface area (Å²) in [6.45, 7) is 6.52. The van der Waals surface area contributed by atoms with E-state index in [4.69, 9.17) is 14.3 Å². The van der Waals surface area contributed by atoms with Gasteiger partial charge >= 0.3 is 5.97 Å². The Kier molecular flexibility index (Phi) is 6.94. The number of carbonyl (C=O) groups excluding carboxylic acids is 1. The maximum atomic E-state index is 12.3. The molecule has 0 aliphatic carbocycles. The standard InChI is InChI=1S/C22H24N2O4/c1-3-13-27-19-12-8-11-17-20(19)18(14-23-21(17)22(25)26-4-2)24-28-15-16-9-6-5-7-10-16/h3,5-12,14,18,21,24H,1,4,13,15H2,2H3. The van der Waals surface area contributed by atoms with Crippen LogP contribution in [0.4, 0.5) is 0 Å². The molecular weight excluding hydrogens is 356 g/mol. The zero-order valence-electron chi connectivity index (χ0n) is 15.8. The molecule has 2 aromatic rings. The first kappa shape index (κ1) is 19.8. The van der Waals surface area contributed by atoms with Crippen LogP contribution in [0.3, 0.4) is 0 Å². The van der Waals surface area contributed by atoms with Gasteiger partial charge in [0.1, 0.15) is 12.4 Å². The van der Waals surface area contributed by atoms with Crippen LogP contribution in [0.1, 0.15) is 35.7 Å². The Morgan fingerprint density at radius 1 is 1.21 bits per heavy atom. The van der Waals surface area contributed by atoms with E-state index in [1.165, 1.54) is 0 Å². The van der Waals surface area contributed by atoms with E-state index < -0.39 is 6.04 Å². The number of nitrogens with zero attached hydrogens (tertiary/aromatic N) is 1. The van der Waals surface area contributed by atoms with Gasteiger partial charge in [0.2, 0.25) is 0 Å². The summed E-state index contributed by atoms with van der Waals surface area (Å²) in [5.41, 5.74) is 5.62. The Bertz CT molecular complexity index is 836. The van der Waals surface area contributed by atoms with Crippen LogP contribution in [-0.2, 0) is 21.0 Å². The molecule has 2 atom stereocenters. The largest absolute Gasteiger partial charge is 0.489 e. The van der Waals surface area contributed by atoms with Gasteiger partial charge in [-0.3, -0.25) is 9.83 Å². The summed E-state index contributed by atoms with van der Waals surface area (Å²) in [5, 5.41) is 0. The number of fused-ring (bicyclic) bond motifs is 1. The number of benzene rings is 2. The average Bonchev–Trinajstić information content (AvgIpc) is 2.73. The van der Waals surface area contributed by atoms with Gasteiger partial charge in [-0.25, -0.2) is 4.79 Å². The lowest BCUT2D eigenvalue weighted by atomic mass is 9.92. The van der Waals surface area contributed by atoms with Crippen molar-refractivity contribution in [3.8, 4) is 5.75 Å². The molecule has 1 aliphatic heterocycles. The van der Waals surface area contributed by atoms with Gasteiger partial charge in [0.25, 0.3) is 0 Å². The van der Waals surface area contributed by atoms with Crippen molar-refractivity contribution in [2.45, 2.75) is 25.6 Å². The molecule has 0 bridgehead atoms. The Hall–Kier alpha value is -2.96. The number of aliphatic imine (C=N–C) groups is 1. The molecule has 1 N–H and O–H groups in total. The van der Waals surface area contributed by atoms with E-state index in [9.17, 15) is 4.79 Å². The predicted molar refractivity (Wildman–Crippen MR) is 107 cm³/mol. The molecule has 0 spiro atoms. The third-order valence-electron chi connectivity index (χ3n) is 4.25. The second-order valence-electron chi connectivity index (χ2n) is 6.18. The quantitative estimate of drug-likeness (QED) is 0.408. The normalized spacial score (nSPS) is 17.6. The van der Waals surface area contributed by atoms with Crippen molar-refractivity contribution in [3.63, 3.8) is 0 Å². The highest BCUT2D eigenvalue weighted by molar-refractivity contribution is 5.85. The van der Waals surface area contributed by atoms with Gasteiger partial charge in [-0.15, -0.1) is 0 Å². The van der Waals surface area contributed by atoms with Gasteiger partial charge in [-0.2, -0.15) is 5.48 Å². The van der Waals surface area contributed by atoms with Crippen LogP contribution in [0.15, 0.2) is 66.2 Å². The molecular formula is C22H24N2O4. The zero-order chi connectivity index (χ0) is 19.8. The molecule has 2 unspecified atom stereocenters. The van der Waals surface area contributed by atoms with Crippen molar-refractivity contribution < 1.29 is 19.1 Å². The molecule has 6 heteroatoms. The molecule has 0 radical (unpaired) electrons. The summed E-state index contributed by atoms with van der Waals surface area (Å²) in [6.07, 6.45) is 3.34. The van der Waals surface area contributed by atoms with E-state index in [0.717, 1.165) is 16.7 Å². The molecule has 146 valence electrons. The minimum atomic E-state index is -0.714. The maximum absolute atomic E-state index is 12.3. The number of rotatable bonds is 9. The smallest absolute Gasteiger partial charge is 0.335 e. The van der Waals surface area contributed by atoms with Crippen molar-refractivity contribution in [3.05, 3.63) is 77.9 Å². The topological polar surface area (TPSA) is 69.1 Å². The highest BCUT2D eigenvalue weighted by atomic mass is 16.6. The van der Waals surface area contributed by atoms with Crippen molar-refractivity contribution >= 4 is 12.2 Å². The summed E-state index contributed by atoms with van der Waals surface area (Å²) in [5.74, 6) is 0.267. The third kappa shape index (κ3) is 4.65. The Morgan fingerprint density at radius 2 is 2.04 bits per heavy atom. The van der Waals surface area contributed by atoms with Crippen LogP contribution in [-0.4, -0.2) is 25.4 Å². The monoisotopic (exact) mass is 380 g/mol. The van der Waals surface area contributed by atoms with Crippen molar-refractivity contribution in [1.29, 1.82) is 0 Å². The van der Waals surface area contributed by atoms with E-state index in [-0.39, 0.29) is 12.0 Å². The number of carbonyl (C=O) groups is 1. The molecule has 1 heterocycles. The number of esters is 1. The fourth-order valence-electron chi connectivity index (χ4n) is 3.02. The van der Waals surface area contributed by atoms with Crippen LogP contribution in [0, 0.1) is 0 Å². The first-order chi connectivity index (χ1) is 13.7. The van der Waals surface area contributed by atoms with Crippen LogP contribution >= 0.6 is 0 Å². The van der Waals surface area contributed by atoms with E-state index in [2.05, 4.69) is 17.1 Å².